The van der Waals surface area contributed by atoms with Gasteiger partial charge in [0, 0.05) is 19.3 Å². The van der Waals surface area contributed by atoms with Crippen LogP contribution in [0.2, 0.25) is 0 Å². The number of carbonyl (C=O) groups is 2. The molecule has 0 N–H and O–H groups in total. The minimum atomic E-state index is -0.261. The number of nitrogens with zero attached hydrogens (tertiary/aromatic N) is 3. The zero-order chi connectivity index (χ0) is 21.1. The number of likely N-dealkylation sites (tertiary alicyclic amines) is 1. The van der Waals surface area contributed by atoms with Gasteiger partial charge >= 0.3 is 0 Å². The number of rotatable bonds is 7. The molecule has 1 fully saturated rings. The highest BCUT2D eigenvalue weighted by molar-refractivity contribution is 6.35. The summed E-state index contributed by atoms with van der Waals surface area (Å²) in [6.07, 6.45) is 3.73. The average molecular weight is 405 g/mol. The van der Waals surface area contributed by atoms with E-state index in [4.69, 9.17) is 4.74 Å². The molecule has 3 heterocycles. The van der Waals surface area contributed by atoms with Crippen molar-refractivity contribution in [3.63, 3.8) is 0 Å². The minimum Gasteiger partial charge on any atom is -0.493 e. The Morgan fingerprint density at radius 1 is 1.00 bits per heavy atom. The summed E-state index contributed by atoms with van der Waals surface area (Å²) < 4.78 is 5.76. The van der Waals surface area contributed by atoms with Crippen molar-refractivity contribution in [3.05, 3.63) is 65.6 Å². The van der Waals surface area contributed by atoms with Crippen LogP contribution in [0.4, 0.5) is 0 Å². The predicted molar refractivity (Wildman–Crippen MR) is 114 cm³/mol. The average Bonchev–Trinajstić information content (AvgIpc) is 3.36. The summed E-state index contributed by atoms with van der Waals surface area (Å²) in [5, 5.41) is 0. The van der Waals surface area contributed by atoms with Gasteiger partial charge in [0.2, 0.25) is 0 Å². The van der Waals surface area contributed by atoms with Crippen LogP contribution in [0.5, 0.6) is 5.75 Å². The summed E-state index contributed by atoms with van der Waals surface area (Å²) in [5.41, 5.74) is 2.44. The Labute approximate surface area is 177 Å². The van der Waals surface area contributed by atoms with Gasteiger partial charge in [-0.05, 0) is 48.6 Å². The normalized spacial score (nSPS) is 16.9. The molecule has 2 aliphatic rings. The van der Waals surface area contributed by atoms with Gasteiger partial charge in [0.1, 0.15) is 11.4 Å². The van der Waals surface area contributed by atoms with Crippen LogP contribution in [-0.2, 0) is 16.1 Å². The van der Waals surface area contributed by atoms with Crippen LogP contribution in [0.3, 0.4) is 0 Å². The van der Waals surface area contributed by atoms with Gasteiger partial charge in [0.25, 0.3) is 11.8 Å². The minimum absolute atomic E-state index is 0.176. The second kappa shape index (κ2) is 8.69. The Balaban J connectivity index is 1.65. The molecule has 0 unspecified atom stereocenters. The Bertz CT molecular complexity index is 945. The molecule has 0 aliphatic carbocycles. The Hall–Kier alpha value is -3.15. The zero-order valence-corrected chi connectivity index (χ0v) is 17.5. The number of amides is 2. The maximum atomic E-state index is 13.3. The van der Waals surface area contributed by atoms with E-state index in [1.165, 1.54) is 4.90 Å². The van der Waals surface area contributed by atoms with Crippen molar-refractivity contribution in [2.75, 3.05) is 19.7 Å². The number of ether oxygens (including phenoxy) is 1. The highest BCUT2D eigenvalue weighted by Gasteiger charge is 2.42. The Morgan fingerprint density at radius 3 is 2.37 bits per heavy atom. The number of aromatic nitrogens is 1. The molecule has 0 radical (unpaired) electrons. The lowest BCUT2D eigenvalue weighted by Crippen LogP contribution is -2.34. The third kappa shape index (κ3) is 4.08. The first-order valence-corrected chi connectivity index (χ1v) is 10.5. The molecule has 0 bridgehead atoms. The van der Waals surface area contributed by atoms with Crippen molar-refractivity contribution in [2.24, 2.45) is 5.92 Å². The standard InChI is InChI=1S/C24H27N3O3/c1-17(2)16-30-20-10-8-18(9-11-20)21-22(26-13-5-6-14-26)24(29)27(23(21)28)15-19-7-3-4-12-25-19/h3-4,7-12,17H,5-6,13-16H2,1-2H3. The fraction of sp³-hybridized carbons (Fsp3) is 0.375. The molecule has 1 aromatic heterocycles. The second-order valence-corrected chi connectivity index (χ2v) is 8.16. The number of pyridine rings is 1. The third-order valence-corrected chi connectivity index (χ3v) is 5.34. The van der Waals surface area contributed by atoms with E-state index >= 15 is 0 Å². The van der Waals surface area contributed by atoms with Crippen LogP contribution < -0.4 is 4.74 Å². The van der Waals surface area contributed by atoms with Gasteiger partial charge in [-0.15, -0.1) is 0 Å². The highest BCUT2D eigenvalue weighted by Crippen LogP contribution is 2.34. The summed E-state index contributed by atoms with van der Waals surface area (Å²) >= 11 is 0. The topological polar surface area (TPSA) is 62.7 Å². The van der Waals surface area contributed by atoms with Gasteiger partial charge in [-0.2, -0.15) is 0 Å². The van der Waals surface area contributed by atoms with Gasteiger partial charge in [-0.1, -0.05) is 32.0 Å². The molecule has 156 valence electrons. The van der Waals surface area contributed by atoms with Gasteiger partial charge in [-0.25, -0.2) is 0 Å². The first-order valence-electron chi connectivity index (χ1n) is 10.5. The Morgan fingerprint density at radius 2 is 1.73 bits per heavy atom. The van der Waals surface area contributed by atoms with E-state index in [0.717, 1.165) is 37.2 Å². The van der Waals surface area contributed by atoms with Crippen LogP contribution in [0, 0.1) is 5.92 Å². The lowest BCUT2D eigenvalue weighted by atomic mass is 10.0. The molecule has 6 heteroatoms. The van der Waals surface area contributed by atoms with Gasteiger partial charge in [0.15, 0.2) is 0 Å². The number of hydrogen-bond acceptors (Lipinski definition) is 5. The molecule has 0 saturated carbocycles. The molecule has 0 spiro atoms. The summed E-state index contributed by atoms with van der Waals surface area (Å²) in [7, 11) is 0. The quantitative estimate of drug-likeness (QED) is 0.660. The lowest BCUT2D eigenvalue weighted by molar-refractivity contribution is -0.138. The third-order valence-electron chi connectivity index (χ3n) is 5.34. The monoisotopic (exact) mass is 405 g/mol. The molecule has 2 aromatic rings. The molecule has 30 heavy (non-hydrogen) atoms. The maximum absolute atomic E-state index is 13.3. The van der Waals surface area contributed by atoms with Crippen LogP contribution in [-0.4, -0.2) is 46.3 Å². The van der Waals surface area contributed by atoms with Crippen molar-refractivity contribution in [1.82, 2.24) is 14.8 Å². The summed E-state index contributed by atoms with van der Waals surface area (Å²) in [4.78, 5) is 34.3. The molecule has 1 aromatic carbocycles. The van der Waals surface area contributed by atoms with E-state index in [-0.39, 0.29) is 18.4 Å². The van der Waals surface area contributed by atoms with Crippen LogP contribution in [0.15, 0.2) is 54.4 Å². The van der Waals surface area contributed by atoms with Crippen molar-refractivity contribution in [1.29, 1.82) is 0 Å². The maximum Gasteiger partial charge on any atom is 0.278 e. The van der Waals surface area contributed by atoms with E-state index in [2.05, 4.69) is 23.7 Å². The zero-order valence-electron chi connectivity index (χ0n) is 17.5. The van der Waals surface area contributed by atoms with E-state index in [1.807, 2.05) is 42.5 Å². The molecule has 2 amide bonds. The summed E-state index contributed by atoms with van der Waals surface area (Å²) in [6, 6.07) is 13.0. The molecular formula is C24H27N3O3. The molecule has 2 aliphatic heterocycles. The smallest absolute Gasteiger partial charge is 0.278 e. The number of benzene rings is 1. The van der Waals surface area contributed by atoms with E-state index in [0.29, 0.717) is 29.5 Å². The van der Waals surface area contributed by atoms with Crippen molar-refractivity contribution in [3.8, 4) is 5.75 Å². The summed E-state index contributed by atoms with van der Waals surface area (Å²) in [6.45, 7) is 6.60. The van der Waals surface area contributed by atoms with E-state index in [9.17, 15) is 9.59 Å². The van der Waals surface area contributed by atoms with Crippen molar-refractivity contribution >= 4 is 17.4 Å². The summed E-state index contributed by atoms with van der Waals surface area (Å²) in [5.74, 6) is 0.701. The van der Waals surface area contributed by atoms with Crippen molar-refractivity contribution < 1.29 is 14.3 Å². The highest BCUT2D eigenvalue weighted by atomic mass is 16.5. The predicted octanol–water partition coefficient (Wildman–Crippen LogP) is 3.49. The number of hydrogen-bond donors (Lipinski definition) is 0. The first-order chi connectivity index (χ1) is 14.5. The molecular weight excluding hydrogens is 378 g/mol. The fourth-order valence-electron chi connectivity index (χ4n) is 3.84. The fourth-order valence-corrected chi connectivity index (χ4v) is 3.84. The van der Waals surface area contributed by atoms with Gasteiger partial charge < -0.3 is 9.64 Å². The number of imide groups is 1. The number of carbonyl (C=O) groups excluding carboxylic acids is 2. The molecule has 4 rings (SSSR count). The Kier molecular flexibility index (Phi) is 5.84. The largest absolute Gasteiger partial charge is 0.493 e. The van der Waals surface area contributed by atoms with Crippen LogP contribution >= 0.6 is 0 Å². The van der Waals surface area contributed by atoms with Crippen molar-refractivity contribution in [2.45, 2.75) is 33.2 Å². The lowest BCUT2D eigenvalue weighted by Gasteiger charge is -2.20. The second-order valence-electron chi connectivity index (χ2n) is 8.16. The first kappa shape index (κ1) is 20.1. The van der Waals surface area contributed by atoms with Crippen LogP contribution in [0.1, 0.15) is 37.9 Å². The molecule has 1 saturated heterocycles. The SMILES string of the molecule is CC(C)COc1ccc(C2=C(N3CCCC3)C(=O)N(Cc3ccccn3)C2=O)cc1. The van der Waals surface area contributed by atoms with Crippen LogP contribution in [0.25, 0.3) is 5.57 Å². The van der Waals surface area contributed by atoms with E-state index in [1.54, 1.807) is 6.20 Å². The molecule has 0 atom stereocenters. The van der Waals surface area contributed by atoms with Gasteiger partial charge in [-0.3, -0.25) is 19.5 Å². The van der Waals surface area contributed by atoms with E-state index < -0.39 is 0 Å². The molecule has 6 nitrogen and oxygen atoms in total. The van der Waals surface area contributed by atoms with Gasteiger partial charge in [0.05, 0.1) is 24.4 Å².